The number of likely N-dealkylation sites (tertiary alicyclic amines) is 1. The molecule has 1 aromatic rings. The molecular weight excluding hydrogens is 222 g/mol. The van der Waals surface area contributed by atoms with E-state index in [0.29, 0.717) is 12.5 Å². The predicted molar refractivity (Wildman–Crippen MR) is 74.5 cm³/mol. The zero-order valence-electron chi connectivity index (χ0n) is 11.0. The number of hydrogen-bond donors (Lipinski definition) is 1. The Morgan fingerprint density at radius 3 is 2.78 bits per heavy atom. The molecule has 3 nitrogen and oxygen atoms in total. The number of nitrogens with one attached hydrogen (secondary N) is 1. The Hall–Kier alpha value is -1.53. The third-order valence-corrected chi connectivity index (χ3v) is 3.56. The van der Waals surface area contributed by atoms with Crippen LogP contribution in [0.15, 0.2) is 24.3 Å². The van der Waals surface area contributed by atoms with Crippen LogP contribution >= 0.6 is 0 Å². The Balaban J connectivity index is 1.90. The van der Waals surface area contributed by atoms with E-state index in [1.807, 2.05) is 12.1 Å². The van der Waals surface area contributed by atoms with Crippen LogP contribution < -0.4 is 5.32 Å². The Bertz CT molecular complexity index is 405. The molecule has 0 bridgehead atoms. The second-order valence-electron chi connectivity index (χ2n) is 5.11. The zero-order chi connectivity index (χ0) is 12.8. The van der Waals surface area contributed by atoms with Crippen LogP contribution in [0.1, 0.15) is 24.8 Å². The number of nitrogens with zero attached hydrogens (tertiary/aromatic N) is 2. The first-order chi connectivity index (χ1) is 8.78. The normalized spacial score (nSPS) is 21.0. The van der Waals surface area contributed by atoms with Crippen molar-refractivity contribution in [2.24, 2.45) is 0 Å². The molecule has 0 amide bonds. The lowest BCUT2D eigenvalue weighted by molar-refractivity contribution is 0.348. The highest BCUT2D eigenvalue weighted by Crippen LogP contribution is 2.17. The minimum absolute atomic E-state index is 0.495. The van der Waals surface area contributed by atoms with Gasteiger partial charge in [-0.25, -0.2) is 0 Å². The number of rotatable bonds is 3. The molecule has 0 aliphatic carbocycles. The van der Waals surface area contributed by atoms with Gasteiger partial charge in [0.05, 0.1) is 12.5 Å². The van der Waals surface area contributed by atoms with Gasteiger partial charge in [0, 0.05) is 11.7 Å². The van der Waals surface area contributed by atoms with Crippen LogP contribution in [0.3, 0.4) is 0 Å². The van der Waals surface area contributed by atoms with Gasteiger partial charge in [-0.2, -0.15) is 5.26 Å². The van der Waals surface area contributed by atoms with Crippen molar-refractivity contribution in [3.63, 3.8) is 0 Å². The molecule has 1 N–H and O–H groups in total. The standard InChI is InChI=1S/C15H21N3/c1-18-11-2-3-14(9-12-18)17-15-6-4-13(5-7-15)8-10-16/h4-7,14,17H,2-3,8-9,11-12H2,1H3. The Morgan fingerprint density at radius 1 is 1.28 bits per heavy atom. The van der Waals surface area contributed by atoms with Gasteiger partial charge in [0.25, 0.3) is 0 Å². The Labute approximate surface area is 109 Å². The summed E-state index contributed by atoms with van der Waals surface area (Å²) >= 11 is 0. The number of benzene rings is 1. The van der Waals surface area contributed by atoms with E-state index in [1.165, 1.54) is 38.0 Å². The van der Waals surface area contributed by atoms with E-state index < -0.39 is 0 Å². The minimum Gasteiger partial charge on any atom is -0.382 e. The van der Waals surface area contributed by atoms with Gasteiger partial charge in [0.15, 0.2) is 0 Å². The van der Waals surface area contributed by atoms with E-state index in [4.69, 9.17) is 5.26 Å². The summed E-state index contributed by atoms with van der Waals surface area (Å²) in [6, 6.07) is 11.0. The number of anilines is 1. The van der Waals surface area contributed by atoms with Crippen molar-refractivity contribution in [3.8, 4) is 6.07 Å². The van der Waals surface area contributed by atoms with Crippen LogP contribution in [-0.4, -0.2) is 31.1 Å². The van der Waals surface area contributed by atoms with Crippen molar-refractivity contribution < 1.29 is 0 Å². The van der Waals surface area contributed by atoms with E-state index in [-0.39, 0.29) is 0 Å². The quantitative estimate of drug-likeness (QED) is 0.887. The molecule has 2 rings (SSSR count). The molecule has 3 heteroatoms. The van der Waals surface area contributed by atoms with E-state index >= 15 is 0 Å². The largest absolute Gasteiger partial charge is 0.382 e. The maximum atomic E-state index is 8.64. The highest BCUT2D eigenvalue weighted by molar-refractivity contribution is 5.45. The highest BCUT2D eigenvalue weighted by Gasteiger charge is 2.14. The summed E-state index contributed by atoms with van der Waals surface area (Å²) in [6.45, 7) is 2.38. The fourth-order valence-corrected chi connectivity index (χ4v) is 2.43. The molecule has 0 saturated carbocycles. The van der Waals surface area contributed by atoms with Crippen molar-refractivity contribution in [2.45, 2.75) is 31.7 Å². The molecule has 1 atom stereocenters. The van der Waals surface area contributed by atoms with Crippen LogP contribution in [0.25, 0.3) is 0 Å². The first kappa shape index (κ1) is 12.9. The summed E-state index contributed by atoms with van der Waals surface area (Å²) in [5, 5.41) is 12.2. The molecule has 1 aliphatic heterocycles. The van der Waals surface area contributed by atoms with Crippen molar-refractivity contribution in [1.82, 2.24) is 4.90 Å². The van der Waals surface area contributed by atoms with Gasteiger partial charge >= 0.3 is 0 Å². The number of nitriles is 1. The van der Waals surface area contributed by atoms with E-state index in [0.717, 1.165) is 5.56 Å². The van der Waals surface area contributed by atoms with Crippen LogP contribution in [0, 0.1) is 11.3 Å². The van der Waals surface area contributed by atoms with E-state index in [2.05, 4.69) is 35.5 Å². The zero-order valence-corrected chi connectivity index (χ0v) is 11.0. The van der Waals surface area contributed by atoms with Crippen molar-refractivity contribution in [1.29, 1.82) is 5.26 Å². The second kappa shape index (κ2) is 6.42. The third-order valence-electron chi connectivity index (χ3n) is 3.56. The second-order valence-corrected chi connectivity index (χ2v) is 5.11. The first-order valence-electron chi connectivity index (χ1n) is 6.69. The van der Waals surface area contributed by atoms with Crippen molar-refractivity contribution >= 4 is 5.69 Å². The SMILES string of the molecule is CN1CCCC(Nc2ccc(CC#N)cc2)CC1. The lowest BCUT2D eigenvalue weighted by Crippen LogP contribution is -2.22. The molecule has 18 heavy (non-hydrogen) atoms. The summed E-state index contributed by atoms with van der Waals surface area (Å²) in [5.74, 6) is 0. The monoisotopic (exact) mass is 243 g/mol. The molecular formula is C15H21N3. The van der Waals surface area contributed by atoms with Crippen LogP contribution in [0.2, 0.25) is 0 Å². The molecule has 1 saturated heterocycles. The number of hydrogen-bond acceptors (Lipinski definition) is 3. The average Bonchev–Trinajstić information content (AvgIpc) is 2.57. The first-order valence-corrected chi connectivity index (χ1v) is 6.69. The summed E-state index contributed by atoms with van der Waals surface area (Å²) < 4.78 is 0. The minimum atomic E-state index is 0.495. The van der Waals surface area contributed by atoms with E-state index in [1.54, 1.807) is 0 Å². The Morgan fingerprint density at radius 2 is 2.06 bits per heavy atom. The van der Waals surface area contributed by atoms with Gasteiger partial charge in [-0.1, -0.05) is 12.1 Å². The molecule has 96 valence electrons. The van der Waals surface area contributed by atoms with Crippen molar-refractivity contribution in [2.75, 3.05) is 25.5 Å². The van der Waals surface area contributed by atoms with Gasteiger partial charge in [0.2, 0.25) is 0 Å². The van der Waals surface area contributed by atoms with Crippen LogP contribution in [-0.2, 0) is 6.42 Å². The molecule has 0 radical (unpaired) electrons. The van der Waals surface area contributed by atoms with Gasteiger partial charge in [-0.15, -0.1) is 0 Å². The molecule has 1 unspecified atom stereocenters. The maximum absolute atomic E-state index is 8.64. The summed E-state index contributed by atoms with van der Waals surface area (Å²) in [6.07, 6.45) is 4.20. The topological polar surface area (TPSA) is 39.1 Å². The summed E-state index contributed by atoms with van der Waals surface area (Å²) in [4.78, 5) is 2.40. The predicted octanol–water partition coefficient (Wildman–Crippen LogP) is 2.65. The van der Waals surface area contributed by atoms with Crippen LogP contribution in [0.5, 0.6) is 0 Å². The highest BCUT2D eigenvalue weighted by atomic mass is 15.1. The fourth-order valence-electron chi connectivity index (χ4n) is 2.43. The van der Waals surface area contributed by atoms with Gasteiger partial charge in [-0.3, -0.25) is 0 Å². The maximum Gasteiger partial charge on any atom is 0.0669 e. The molecule has 1 heterocycles. The molecule has 1 fully saturated rings. The lowest BCUT2D eigenvalue weighted by Gasteiger charge is -2.18. The van der Waals surface area contributed by atoms with Gasteiger partial charge < -0.3 is 10.2 Å². The summed E-state index contributed by atoms with van der Waals surface area (Å²) in [5.41, 5.74) is 2.26. The lowest BCUT2D eigenvalue weighted by atomic mass is 10.1. The van der Waals surface area contributed by atoms with Crippen LogP contribution in [0.4, 0.5) is 5.69 Å². The fraction of sp³-hybridized carbons (Fsp3) is 0.533. The molecule has 1 aromatic carbocycles. The van der Waals surface area contributed by atoms with E-state index in [9.17, 15) is 0 Å². The van der Waals surface area contributed by atoms with Gasteiger partial charge in [-0.05, 0) is 57.1 Å². The molecule has 1 aliphatic rings. The smallest absolute Gasteiger partial charge is 0.0669 e. The third kappa shape index (κ3) is 3.75. The Kier molecular flexibility index (Phi) is 4.60. The average molecular weight is 243 g/mol. The molecule has 0 aromatic heterocycles. The van der Waals surface area contributed by atoms with Crippen molar-refractivity contribution in [3.05, 3.63) is 29.8 Å². The van der Waals surface area contributed by atoms with Gasteiger partial charge in [0.1, 0.15) is 0 Å². The summed E-state index contributed by atoms with van der Waals surface area (Å²) in [7, 11) is 2.19. The molecule has 0 spiro atoms.